The number of ether oxygens (including phenoxy) is 3. The summed E-state index contributed by atoms with van der Waals surface area (Å²) in [4.78, 5) is 0. The number of methoxy groups -OCH3 is 2. The minimum absolute atomic E-state index is 0.0479. The van der Waals surface area contributed by atoms with Crippen molar-refractivity contribution < 1.29 is 14.2 Å². The Morgan fingerprint density at radius 1 is 1.32 bits per heavy atom. The second-order valence-corrected chi connectivity index (χ2v) is 6.02. The highest BCUT2D eigenvalue weighted by molar-refractivity contribution is 5.61. The van der Waals surface area contributed by atoms with E-state index in [1.807, 2.05) is 26.0 Å². The molecule has 7 heteroatoms. The lowest BCUT2D eigenvalue weighted by Gasteiger charge is -2.26. The number of rotatable bonds is 4. The first-order valence-electron chi connectivity index (χ1n) is 7.90. The standard InChI is InChI=1S/C18H20N4O3/c1-9(2)15-14-13(10-6-5-7-12(23-3)16(10)24-4)11(8-19)17(20)25-18(14)22-21-15/h5-7,9,13H,20H2,1-4H3,(H,21,22). The van der Waals surface area contributed by atoms with Crippen LogP contribution in [0.2, 0.25) is 0 Å². The van der Waals surface area contributed by atoms with Crippen molar-refractivity contribution in [3.05, 3.63) is 46.5 Å². The molecule has 1 unspecified atom stereocenters. The van der Waals surface area contributed by atoms with E-state index in [1.165, 1.54) is 0 Å². The van der Waals surface area contributed by atoms with Gasteiger partial charge in [-0.25, -0.2) is 0 Å². The van der Waals surface area contributed by atoms with Crippen molar-refractivity contribution in [1.82, 2.24) is 10.2 Å². The van der Waals surface area contributed by atoms with Gasteiger partial charge >= 0.3 is 0 Å². The molecule has 7 nitrogen and oxygen atoms in total. The first-order chi connectivity index (χ1) is 12.0. The fraction of sp³-hybridized carbons (Fsp3) is 0.333. The first kappa shape index (κ1) is 16.7. The topological polar surface area (TPSA) is 106 Å². The van der Waals surface area contributed by atoms with Crippen molar-refractivity contribution >= 4 is 0 Å². The molecule has 1 aliphatic heterocycles. The van der Waals surface area contributed by atoms with E-state index in [1.54, 1.807) is 20.3 Å². The molecule has 0 saturated heterocycles. The quantitative estimate of drug-likeness (QED) is 0.886. The third kappa shape index (κ3) is 2.56. The first-order valence-corrected chi connectivity index (χ1v) is 7.90. The minimum Gasteiger partial charge on any atom is -0.493 e. The summed E-state index contributed by atoms with van der Waals surface area (Å²) >= 11 is 0. The molecule has 0 aliphatic carbocycles. The number of H-pyrrole nitrogens is 1. The Bertz CT molecular complexity index is 877. The van der Waals surface area contributed by atoms with Crippen molar-refractivity contribution in [2.75, 3.05) is 14.2 Å². The zero-order valence-corrected chi connectivity index (χ0v) is 14.6. The molecule has 0 spiro atoms. The number of nitrogens with two attached hydrogens (primary N) is 1. The van der Waals surface area contributed by atoms with Gasteiger partial charge in [-0.3, -0.25) is 5.10 Å². The van der Waals surface area contributed by atoms with Gasteiger partial charge in [0, 0.05) is 11.3 Å². The maximum absolute atomic E-state index is 9.71. The molecule has 3 rings (SSSR count). The molecular formula is C18H20N4O3. The molecular weight excluding hydrogens is 320 g/mol. The fourth-order valence-corrected chi connectivity index (χ4v) is 3.16. The summed E-state index contributed by atoms with van der Waals surface area (Å²) in [7, 11) is 3.14. The Labute approximate surface area is 146 Å². The van der Waals surface area contributed by atoms with Crippen LogP contribution in [-0.4, -0.2) is 24.4 Å². The van der Waals surface area contributed by atoms with E-state index in [-0.39, 0.29) is 11.8 Å². The molecule has 2 heterocycles. The third-order valence-corrected chi connectivity index (χ3v) is 4.29. The average molecular weight is 340 g/mol. The zero-order chi connectivity index (χ0) is 18.1. The second kappa shape index (κ2) is 6.40. The van der Waals surface area contributed by atoms with E-state index in [0.717, 1.165) is 16.8 Å². The van der Waals surface area contributed by atoms with Crippen molar-refractivity contribution in [3.8, 4) is 23.4 Å². The summed E-state index contributed by atoms with van der Waals surface area (Å²) in [5, 5.41) is 16.9. The zero-order valence-electron chi connectivity index (χ0n) is 14.6. The highest BCUT2D eigenvalue weighted by Gasteiger charge is 2.37. The Hall–Kier alpha value is -3.14. The van der Waals surface area contributed by atoms with Gasteiger partial charge in [0.2, 0.25) is 11.8 Å². The van der Waals surface area contributed by atoms with Gasteiger partial charge in [0.25, 0.3) is 0 Å². The van der Waals surface area contributed by atoms with Crippen molar-refractivity contribution in [3.63, 3.8) is 0 Å². The maximum atomic E-state index is 9.71. The number of benzene rings is 1. The molecule has 0 amide bonds. The fourth-order valence-electron chi connectivity index (χ4n) is 3.16. The van der Waals surface area contributed by atoms with Gasteiger partial charge in [0.05, 0.1) is 25.7 Å². The summed E-state index contributed by atoms with van der Waals surface area (Å²) in [5.74, 6) is 1.28. The number of nitrogens with one attached hydrogen (secondary N) is 1. The number of para-hydroxylation sites is 1. The lowest BCUT2D eigenvalue weighted by molar-refractivity contribution is 0.348. The summed E-state index contributed by atoms with van der Waals surface area (Å²) in [6.07, 6.45) is 0. The van der Waals surface area contributed by atoms with Crippen molar-refractivity contribution in [1.29, 1.82) is 5.26 Å². The molecule has 3 N–H and O–H groups in total. The van der Waals surface area contributed by atoms with Gasteiger partial charge in [-0.05, 0) is 12.0 Å². The number of hydrogen-bond donors (Lipinski definition) is 2. The average Bonchev–Trinajstić information content (AvgIpc) is 3.03. The number of fused-ring (bicyclic) bond motifs is 1. The number of aromatic nitrogens is 2. The van der Waals surface area contributed by atoms with Crippen LogP contribution >= 0.6 is 0 Å². The minimum atomic E-state index is -0.449. The van der Waals surface area contributed by atoms with Crippen LogP contribution in [0.3, 0.4) is 0 Å². The van der Waals surface area contributed by atoms with Crippen molar-refractivity contribution in [2.24, 2.45) is 5.73 Å². The number of allylic oxidation sites excluding steroid dienone is 1. The number of aromatic amines is 1. The van der Waals surface area contributed by atoms with Gasteiger partial charge in [0.15, 0.2) is 11.5 Å². The van der Waals surface area contributed by atoms with Gasteiger partial charge in [0.1, 0.15) is 11.6 Å². The normalized spacial score (nSPS) is 16.2. The van der Waals surface area contributed by atoms with E-state index in [0.29, 0.717) is 23.0 Å². The molecule has 25 heavy (non-hydrogen) atoms. The molecule has 1 aromatic heterocycles. The van der Waals surface area contributed by atoms with Crippen LogP contribution in [0.4, 0.5) is 0 Å². The SMILES string of the molecule is COc1cccc(C2C(C#N)=C(N)Oc3n[nH]c(C(C)C)c32)c1OC. The monoisotopic (exact) mass is 340 g/mol. The van der Waals surface area contributed by atoms with E-state index in [4.69, 9.17) is 19.9 Å². The Morgan fingerprint density at radius 2 is 2.08 bits per heavy atom. The van der Waals surface area contributed by atoms with Gasteiger partial charge in [-0.1, -0.05) is 26.0 Å². The summed E-state index contributed by atoms with van der Waals surface area (Å²) in [6, 6.07) is 7.73. The van der Waals surface area contributed by atoms with Crippen LogP contribution in [0.5, 0.6) is 17.4 Å². The summed E-state index contributed by atoms with van der Waals surface area (Å²) < 4.78 is 16.5. The molecule has 1 aromatic carbocycles. The summed E-state index contributed by atoms with van der Waals surface area (Å²) in [5.41, 5.74) is 8.77. The lowest BCUT2D eigenvalue weighted by Crippen LogP contribution is -2.22. The molecule has 2 aromatic rings. The van der Waals surface area contributed by atoms with Crippen molar-refractivity contribution in [2.45, 2.75) is 25.7 Å². The largest absolute Gasteiger partial charge is 0.493 e. The molecule has 0 radical (unpaired) electrons. The molecule has 1 atom stereocenters. The molecule has 1 aliphatic rings. The van der Waals surface area contributed by atoms with Gasteiger partial charge in [-0.2, -0.15) is 5.26 Å². The van der Waals surface area contributed by atoms with E-state index in [9.17, 15) is 5.26 Å². The van der Waals surface area contributed by atoms with Crippen LogP contribution in [0.25, 0.3) is 0 Å². The third-order valence-electron chi connectivity index (χ3n) is 4.29. The second-order valence-electron chi connectivity index (χ2n) is 6.02. The number of nitriles is 1. The number of nitrogens with zero attached hydrogens (tertiary/aromatic N) is 2. The predicted molar refractivity (Wildman–Crippen MR) is 91.5 cm³/mol. The highest BCUT2D eigenvalue weighted by atomic mass is 16.5. The summed E-state index contributed by atoms with van der Waals surface area (Å²) in [6.45, 7) is 4.09. The van der Waals surface area contributed by atoms with Crippen LogP contribution in [-0.2, 0) is 0 Å². The van der Waals surface area contributed by atoms with E-state index in [2.05, 4.69) is 16.3 Å². The smallest absolute Gasteiger partial charge is 0.244 e. The molecule has 0 saturated carbocycles. The van der Waals surface area contributed by atoms with E-state index < -0.39 is 5.92 Å². The predicted octanol–water partition coefficient (Wildman–Crippen LogP) is 2.77. The van der Waals surface area contributed by atoms with Gasteiger partial charge in [-0.15, -0.1) is 5.10 Å². The molecule has 0 fully saturated rings. The molecule has 0 bridgehead atoms. The molecule has 130 valence electrons. The van der Waals surface area contributed by atoms with Crippen LogP contribution in [0.15, 0.2) is 29.7 Å². The Morgan fingerprint density at radius 3 is 2.68 bits per heavy atom. The van der Waals surface area contributed by atoms with Crippen LogP contribution in [0.1, 0.15) is 42.5 Å². The lowest BCUT2D eigenvalue weighted by atomic mass is 9.82. The van der Waals surface area contributed by atoms with Crippen LogP contribution in [0, 0.1) is 11.3 Å². The number of hydrogen-bond acceptors (Lipinski definition) is 6. The Balaban J connectivity index is 2.31. The maximum Gasteiger partial charge on any atom is 0.244 e. The highest BCUT2D eigenvalue weighted by Crippen LogP contribution is 2.48. The Kier molecular flexibility index (Phi) is 4.28. The van der Waals surface area contributed by atoms with Crippen LogP contribution < -0.4 is 19.9 Å². The van der Waals surface area contributed by atoms with E-state index >= 15 is 0 Å². The van der Waals surface area contributed by atoms with Gasteiger partial charge < -0.3 is 19.9 Å².